The van der Waals surface area contributed by atoms with Gasteiger partial charge in [-0.1, -0.05) is 0 Å². The molecule has 0 aliphatic heterocycles. The van der Waals surface area contributed by atoms with Gasteiger partial charge < -0.3 is 20.7 Å². The molecule has 168 valence electrons. The van der Waals surface area contributed by atoms with Gasteiger partial charge in [0.15, 0.2) is 5.82 Å². The molecule has 1 aromatic carbocycles. The molecule has 0 saturated carbocycles. The third-order valence-electron chi connectivity index (χ3n) is 4.26. The molecule has 0 radical (unpaired) electrons. The van der Waals surface area contributed by atoms with E-state index in [1.165, 1.54) is 31.2 Å². The van der Waals surface area contributed by atoms with Crippen LogP contribution in [0.15, 0.2) is 30.3 Å². The molecule has 2 rings (SSSR count). The van der Waals surface area contributed by atoms with E-state index in [2.05, 4.69) is 21.0 Å². The minimum absolute atomic E-state index is 0.198. The number of rotatable bonds is 8. The maximum Gasteiger partial charge on any atom is 0.328 e. The molecule has 11 nitrogen and oxygen atoms in total. The van der Waals surface area contributed by atoms with Crippen LogP contribution in [0.25, 0.3) is 0 Å². The Kier molecular flexibility index (Phi) is 8.47. The molecule has 0 bridgehead atoms. The van der Waals surface area contributed by atoms with Crippen molar-refractivity contribution in [2.24, 2.45) is 0 Å². The molecule has 3 N–H and O–H groups in total. The number of anilines is 2. The lowest BCUT2D eigenvalue weighted by Gasteiger charge is -2.13. The first-order valence-corrected chi connectivity index (χ1v) is 9.86. The highest BCUT2D eigenvalue weighted by Crippen LogP contribution is 2.12. The van der Waals surface area contributed by atoms with Gasteiger partial charge in [-0.05, 0) is 45.0 Å². The second-order valence-electron chi connectivity index (χ2n) is 6.74. The van der Waals surface area contributed by atoms with Crippen LogP contribution in [0.1, 0.15) is 36.3 Å². The molecular formula is C21H24N6O5. The number of benzene rings is 1. The molecule has 0 spiro atoms. The topological polar surface area (TPSA) is 155 Å². The van der Waals surface area contributed by atoms with Gasteiger partial charge in [0.1, 0.15) is 6.04 Å². The number of esters is 1. The van der Waals surface area contributed by atoms with E-state index >= 15 is 0 Å². The zero-order chi connectivity index (χ0) is 23.7. The van der Waals surface area contributed by atoms with Crippen molar-refractivity contribution in [1.82, 2.24) is 15.1 Å². The highest BCUT2D eigenvalue weighted by molar-refractivity contribution is 6.43. The van der Waals surface area contributed by atoms with Crippen molar-refractivity contribution in [1.29, 1.82) is 5.26 Å². The molecule has 1 heterocycles. The van der Waals surface area contributed by atoms with Gasteiger partial charge in [0.25, 0.3) is 5.91 Å². The average molecular weight is 440 g/mol. The fourth-order valence-corrected chi connectivity index (χ4v) is 2.63. The van der Waals surface area contributed by atoms with E-state index in [-0.39, 0.29) is 24.4 Å². The maximum atomic E-state index is 12.2. The van der Waals surface area contributed by atoms with E-state index in [9.17, 15) is 19.2 Å². The number of carbonyl (C=O) groups is 4. The first kappa shape index (κ1) is 24.1. The first-order chi connectivity index (χ1) is 15.2. The molecule has 0 saturated heterocycles. The van der Waals surface area contributed by atoms with E-state index in [4.69, 9.17) is 10.00 Å². The summed E-state index contributed by atoms with van der Waals surface area (Å²) in [4.78, 5) is 48.1. The van der Waals surface area contributed by atoms with Crippen molar-refractivity contribution in [3.63, 3.8) is 0 Å². The summed E-state index contributed by atoms with van der Waals surface area (Å²) in [6, 6.07) is 8.59. The maximum absolute atomic E-state index is 12.2. The van der Waals surface area contributed by atoms with Crippen LogP contribution in [-0.4, -0.2) is 46.1 Å². The van der Waals surface area contributed by atoms with Gasteiger partial charge in [0, 0.05) is 23.0 Å². The van der Waals surface area contributed by atoms with E-state index in [0.29, 0.717) is 12.2 Å². The molecule has 3 amide bonds. The Morgan fingerprint density at radius 1 is 1.16 bits per heavy atom. The normalized spacial score (nSPS) is 11.1. The Balaban J connectivity index is 1.92. The van der Waals surface area contributed by atoms with Crippen LogP contribution in [0.3, 0.4) is 0 Å². The quantitative estimate of drug-likeness (QED) is 0.413. The summed E-state index contributed by atoms with van der Waals surface area (Å²) in [5.74, 6) is -2.66. The van der Waals surface area contributed by atoms with Gasteiger partial charge in [-0.2, -0.15) is 10.4 Å². The SMILES string of the molecule is CCOC(=O)C(C)NC(=O)c1ccc(NC(=O)C(=O)Nc2cc(C)n(CCC#N)n2)cc1. The summed E-state index contributed by atoms with van der Waals surface area (Å²) in [5.41, 5.74) is 1.31. The predicted molar refractivity (Wildman–Crippen MR) is 114 cm³/mol. The number of amides is 3. The van der Waals surface area contributed by atoms with Gasteiger partial charge in [0.05, 0.1) is 25.6 Å². The smallest absolute Gasteiger partial charge is 0.328 e. The monoisotopic (exact) mass is 440 g/mol. The van der Waals surface area contributed by atoms with Crippen molar-refractivity contribution in [3.05, 3.63) is 41.6 Å². The lowest BCUT2D eigenvalue weighted by Crippen LogP contribution is -2.39. The summed E-state index contributed by atoms with van der Waals surface area (Å²) in [6.07, 6.45) is 0.270. The Morgan fingerprint density at radius 3 is 2.44 bits per heavy atom. The Labute approximate surface area is 184 Å². The van der Waals surface area contributed by atoms with E-state index < -0.39 is 29.7 Å². The van der Waals surface area contributed by atoms with E-state index in [0.717, 1.165) is 5.69 Å². The number of carbonyl (C=O) groups excluding carboxylic acids is 4. The zero-order valence-corrected chi connectivity index (χ0v) is 18.0. The molecule has 1 unspecified atom stereocenters. The van der Waals surface area contributed by atoms with E-state index in [1.807, 2.05) is 6.07 Å². The number of nitrogens with one attached hydrogen (secondary N) is 3. The van der Waals surface area contributed by atoms with Gasteiger partial charge in [0.2, 0.25) is 0 Å². The summed E-state index contributed by atoms with van der Waals surface area (Å²) < 4.78 is 6.39. The summed E-state index contributed by atoms with van der Waals surface area (Å²) >= 11 is 0. The molecular weight excluding hydrogens is 416 g/mol. The van der Waals surface area contributed by atoms with Gasteiger partial charge in [-0.15, -0.1) is 0 Å². The molecule has 1 aromatic heterocycles. The summed E-state index contributed by atoms with van der Waals surface area (Å²) in [5, 5.41) is 20.1. The predicted octanol–water partition coefficient (Wildman–Crippen LogP) is 1.36. The average Bonchev–Trinajstić information content (AvgIpc) is 3.11. The van der Waals surface area contributed by atoms with Crippen molar-refractivity contribution >= 4 is 35.2 Å². The molecule has 0 aliphatic rings. The summed E-state index contributed by atoms with van der Waals surface area (Å²) in [7, 11) is 0. The van der Waals surface area contributed by atoms with Crippen LogP contribution in [0.4, 0.5) is 11.5 Å². The lowest BCUT2D eigenvalue weighted by molar-refractivity contribution is -0.144. The van der Waals surface area contributed by atoms with Crippen molar-refractivity contribution in [2.75, 3.05) is 17.2 Å². The van der Waals surface area contributed by atoms with Crippen LogP contribution >= 0.6 is 0 Å². The van der Waals surface area contributed by atoms with Crippen LogP contribution in [0.5, 0.6) is 0 Å². The van der Waals surface area contributed by atoms with E-state index in [1.54, 1.807) is 24.6 Å². The minimum atomic E-state index is -0.917. The molecule has 2 aromatic rings. The Hall–Kier alpha value is -4.20. The number of aryl methyl sites for hydroxylation is 2. The first-order valence-electron chi connectivity index (χ1n) is 9.86. The number of hydrogen-bond donors (Lipinski definition) is 3. The van der Waals surface area contributed by atoms with Gasteiger partial charge in [-0.3, -0.25) is 19.1 Å². The third kappa shape index (κ3) is 6.66. The molecule has 0 aliphatic carbocycles. The van der Waals surface area contributed by atoms with Crippen molar-refractivity contribution in [2.45, 2.75) is 39.8 Å². The highest BCUT2D eigenvalue weighted by atomic mass is 16.5. The number of hydrogen-bond acceptors (Lipinski definition) is 7. The fraction of sp³-hybridized carbons (Fsp3) is 0.333. The molecule has 0 fully saturated rings. The third-order valence-corrected chi connectivity index (χ3v) is 4.26. The number of nitrogens with zero attached hydrogens (tertiary/aromatic N) is 3. The highest BCUT2D eigenvalue weighted by Gasteiger charge is 2.19. The molecule has 32 heavy (non-hydrogen) atoms. The van der Waals surface area contributed by atoms with Crippen LogP contribution in [0, 0.1) is 18.3 Å². The van der Waals surface area contributed by atoms with Crippen molar-refractivity contribution in [3.8, 4) is 6.07 Å². The molecule has 11 heteroatoms. The van der Waals surface area contributed by atoms with Crippen molar-refractivity contribution < 1.29 is 23.9 Å². The molecule has 1 atom stereocenters. The largest absolute Gasteiger partial charge is 0.464 e. The minimum Gasteiger partial charge on any atom is -0.464 e. The zero-order valence-electron chi connectivity index (χ0n) is 18.0. The fourth-order valence-electron chi connectivity index (χ4n) is 2.63. The van der Waals surface area contributed by atoms with Crippen LogP contribution < -0.4 is 16.0 Å². The number of aromatic nitrogens is 2. The number of nitriles is 1. The Bertz CT molecular complexity index is 1040. The second-order valence-corrected chi connectivity index (χ2v) is 6.74. The second kappa shape index (κ2) is 11.3. The van der Waals surface area contributed by atoms with Gasteiger partial charge in [-0.25, -0.2) is 4.79 Å². The van der Waals surface area contributed by atoms with Crippen LogP contribution in [-0.2, 0) is 25.7 Å². The Morgan fingerprint density at radius 2 is 1.81 bits per heavy atom. The lowest BCUT2D eigenvalue weighted by atomic mass is 10.2. The van der Waals surface area contributed by atoms with Gasteiger partial charge >= 0.3 is 17.8 Å². The standard InChI is InChI=1S/C21H24N6O5/c1-4-32-21(31)14(3)23-18(28)15-6-8-16(9-7-15)24-19(29)20(30)25-17-12-13(2)27(26-17)11-5-10-22/h6-9,12,14H,4-5,11H2,1-3H3,(H,23,28)(H,24,29)(H,25,26,30). The number of ether oxygens (including phenoxy) is 1. The summed E-state index contributed by atoms with van der Waals surface area (Å²) in [6.45, 7) is 5.54. The van der Waals surface area contributed by atoms with Crippen LogP contribution in [0.2, 0.25) is 0 Å².